The summed E-state index contributed by atoms with van der Waals surface area (Å²) in [5, 5.41) is 8.74. The van der Waals surface area contributed by atoms with Crippen molar-refractivity contribution in [3.63, 3.8) is 0 Å². The molecule has 3 N–H and O–H groups in total. The van der Waals surface area contributed by atoms with Gasteiger partial charge in [-0.15, -0.1) is 11.3 Å². The molecule has 3 aromatic heterocycles. The van der Waals surface area contributed by atoms with E-state index in [1.165, 1.54) is 7.11 Å². The predicted molar refractivity (Wildman–Crippen MR) is 106 cm³/mol. The third kappa shape index (κ3) is 3.67. The van der Waals surface area contributed by atoms with E-state index >= 15 is 0 Å². The fourth-order valence-electron chi connectivity index (χ4n) is 3.47. The maximum atomic E-state index is 14.2. The quantitative estimate of drug-likeness (QED) is 0.647. The molecule has 1 amide bonds. The third-order valence-corrected chi connectivity index (χ3v) is 6.10. The molecule has 0 bridgehead atoms. The number of carbonyl (C=O) groups is 1. The summed E-state index contributed by atoms with van der Waals surface area (Å²) in [6.45, 7) is 0. The Morgan fingerprint density at radius 1 is 1.52 bits per heavy atom. The van der Waals surface area contributed by atoms with Crippen molar-refractivity contribution in [1.82, 2.24) is 19.9 Å². The van der Waals surface area contributed by atoms with Gasteiger partial charge in [0.25, 0.3) is 11.8 Å². The number of rotatable bonds is 4. The van der Waals surface area contributed by atoms with Gasteiger partial charge in [-0.25, -0.2) is 18.3 Å². The molecule has 0 aromatic carbocycles. The summed E-state index contributed by atoms with van der Waals surface area (Å²) < 4.78 is 35.0. The number of nitrogens with two attached hydrogens (primary N) is 1. The van der Waals surface area contributed by atoms with Crippen molar-refractivity contribution in [2.24, 2.45) is 5.73 Å². The van der Waals surface area contributed by atoms with E-state index in [0.717, 1.165) is 11.3 Å². The van der Waals surface area contributed by atoms with Crippen molar-refractivity contribution in [3.05, 3.63) is 33.9 Å². The van der Waals surface area contributed by atoms with E-state index in [9.17, 15) is 13.6 Å². The standard InChI is InChI=1S/C18H18ClF2N5O2S/c1-28-9-5-11(19)14-10(6-23-26(14)7-9)13-8-29-17(24-13)16(27)25-15-12(22)3-2-4-18(15,20)21/h5-8,12,15H,2-4,22H2,1H3,(H,25,27). The highest BCUT2D eigenvalue weighted by Crippen LogP contribution is 2.34. The Kier molecular flexibility index (Phi) is 5.18. The molecule has 2 atom stereocenters. The molecule has 1 aliphatic carbocycles. The summed E-state index contributed by atoms with van der Waals surface area (Å²) in [6, 6.07) is -0.556. The largest absolute Gasteiger partial charge is 0.495 e. The lowest BCUT2D eigenvalue weighted by Crippen LogP contribution is -2.59. The Morgan fingerprint density at radius 2 is 2.31 bits per heavy atom. The zero-order valence-electron chi connectivity index (χ0n) is 15.4. The number of carbonyl (C=O) groups excluding carboxylic acids is 1. The minimum Gasteiger partial charge on any atom is -0.495 e. The summed E-state index contributed by atoms with van der Waals surface area (Å²) in [5.41, 5.74) is 7.51. The number of nitrogens with zero attached hydrogens (tertiary/aromatic N) is 3. The van der Waals surface area contributed by atoms with Gasteiger partial charge < -0.3 is 15.8 Å². The number of pyridine rings is 1. The molecule has 7 nitrogen and oxygen atoms in total. The Hall–Kier alpha value is -2.30. The molecule has 0 radical (unpaired) electrons. The molecule has 1 fully saturated rings. The van der Waals surface area contributed by atoms with Gasteiger partial charge in [0.15, 0.2) is 5.01 Å². The average Bonchev–Trinajstić information content (AvgIpc) is 3.31. The number of thiazole rings is 1. The summed E-state index contributed by atoms with van der Waals surface area (Å²) >= 11 is 7.40. The van der Waals surface area contributed by atoms with Crippen LogP contribution in [0.2, 0.25) is 5.02 Å². The molecule has 1 saturated carbocycles. The summed E-state index contributed by atoms with van der Waals surface area (Å²) in [7, 11) is 1.52. The smallest absolute Gasteiger partial charge is 0.280 e. The van der Waals surface area contributed by atoms with Crippen molar-refractivity contribution >= 4 is 34.4 Å². The van der Waals surface area contributed by atoms with E-state index in [4.69, 9.17) is 22.1 Å². The molecule has 2 unspecified atom stereocenters. The van der Waals surface area contributed by atoms with Crippen molar-refractivity contribution in [2.75, 3.05) is 7.11 Å². The molecule has 3 heterocycles. The highest BCUT2D eigenvalue weighted by atomic mass is 35.5. The second-order valence-corrected chi connectivity index (χ2v) is 8.15. The van der Waals surface area contributed by atoms with Crippen molar-refractivity contribution in [1.29, 1.82) is 0 Å². The number of ether oxygens (including phenoxy) is 1. The Morgan fingerprint density at radius 3 is 3.03 bits per heavy atom. The Balaban J connectivity index is 1.60. The monoisotopic (exact) mass is 441 g/mol. The first-order valence-electron chi connectivity index (χ1n) is 8.91. The minimum atomic E-state index is -3.04. The van der Waals surface area contributed by atoms with E-state index in [1.54, 1.807) is 28.4 Å². The molecule has 154 valence electrons. The highest BCUT2D eigenvalue weighted by molar-refractivity contribution is 7.12. The number of hydrogen-bond donors (Lipinski definition) is 2. The van der Waals surface area contributed by atoms with Crippen LogP contribution < -0.4 is 15.8 Å². The van der Waals surface area contributed by atoms with Gasteiger partial charge in [0.1, 0.15) is 11.8 Å². The van der Waals surface area contributed by atoms with E-state index < -0.39 is 23.9 Å². The van der Waals surface area contributed by atoms with Gasteiger partial charge in [0.05, 0.1) is 35.7 Å². The number of fused-ring (bicyclic) bond motifs is 1. The van der Waals surface area contributed by atoms with Gasteiger partial charge in [-0.1, -0.05) is 11.6 Å². The molecule has 4 rings (SSSR count). The first kappa shape index (κ1) is 20.0. The van der Waals surface area contributed by atoms with Crippen LogP contribution in [0.4, 0.5) is 8.78 Å². The second-order valence-electron chi connectivity index (χ2n) is 6.89. The Labute approximate surface area is 173 Å². The van der Waals surface area contributed by atoms with Gasteiger partial charge in [0.2, 0.25) is 0 Å². The van der Waals surface area contributed by atoms with E-state index in [-0.39, 0.29) is 11.4 Å². The number of hydrogen-bond acceptors (Lipinski definition) is 6. The average molecular weight is 442 g/mol. The van der Waals surface area contributed by atoms with Crippen LogP contribution in [0.15, 0.2) is 23.8 Å². The van der Waals surface area contributed by atoms with E-state index in [2.05, 4.69) is 15.4 Å². The molecule has 0 spiro atoms. The number of methoxy groups -OCH3 is 1. The Bertz CT molecular complexity index is 1070. The molecule has 0 aliphatic heterocycles. The molecule has 0 saturated heterocycles. The predicted octanol–water partition coefficient (Wildman–Crippen LogP) is 3.36. The van der Waals surface area contributed by atoms with Crippen LogP contribution in [0.1, 0.15) is 29.1 Å². The van der Waals surface area contributed by atoms with Gasteiger partial charge >= 0.3 is 0 Å². The maximum Gasteiger partial charge on any atom is 0.280 e. The van der Waals surface area contributed by atoms with Crippen molar-refractivity contribution in [2.45, 2.75) is 37.3 Å². The first-order chi connectivity index (χ1) is 13.8. The van der Waals surface area contributed by atoms with E-state index in [1.807, 2.05) is 0 Å². The normalized spacial score (nSPS) is 21.3. The third-order valence-electron chi connectivity index (χ3n) is 4.97. The maximum absolute atomic E-state index is 14.2. The zero-order chi connectivity index (χ0) is 20.8. The first-order valence-corrected chi connectivity index (χ1v) is 10.2. The second kappa shape index (κ2) is 7.51. The minimum absolute atomic E-state index is 0.0672. The molecular formula is C18H18ClF2N5O2S. The fourth-order valence-corrected chi connectivity index (χ4v) is 4.49. The molecule has 29 heavy (non-hydrogen) atoms. The number of halogens is 3. The number of alkyl halides is 2. The topological polar surface area (TPSA) is 94.5 Å². The lowest BCUT2D eigenvalue weighted by molar-refractivity contribution is -0.0674. The van der Waals surface area contributed by atoms with Crippen LogP contribution in [0, 0.1) is 0 Å². The number of amides is 1. The fraction of sp³-hybridized carbons (Fsp3) is 0.389. The molecule has 1 aliphatic rings. The van der Waals surface area contributed by atoms with Gasteiger partial charge in [-0.2, -0.15) is 5.10 Å². The van der Waals surface area contributed by atoms with E-state index in [0.29, 0.717) is 40.4 Å². The van der Waals surface area contributed by atoms with Gasteiger partial charge in [-0.05, 0) is 12.8 Å². The van der Waals surface area contributed by atoms with Crippen molar-refractivity contribution < 1.29 is 18.3 Å². The van der Waals surface area contributed by atoms with Crippen LogP contribution in [0.3, 0.4) is 0 Å². The zero-order valence-corrected chi connectivity index (χ0v) is 16.9. The molecule has 3 aromatic rings. The number of aromatic nitrogens is 3. The summed E-state index contributed by atoms with van der Waals surface area (Å²) in [5.74, 6) is -3.17. The van der Waals surface area contributed by atoms with Gasteiger partial charge in [0, 0.05) is 29.5 Å². The van der Waals surface area contributed by atoms with Crippen LogP contribution in [0.5, 0.6) is 5.75 Å². The van der Waals surface area contributed by atoms with Crippen LogP contribution >= 0.6 is 22.9 Å². The van der Waals surface area contributed by atoms with Crippen LogP contribution in [-0.4, -0.2) is 45.6 Å². The highest BCUT2D eigenvalue weighted by Gasteiger charge is 2.46. The lowest BCUT2D eigenvalue weighted by Gasteiger charge is -2.36. The van der Waals surface area contributed by atoms with Crippen LogP contribution in [0.25, 0.3) is 16.8 Å². The summed E-state index contributed by atoms with van der Waals surface area (Å²) in [4.78, 5) is 16.8. The SMILES string of the molecule is COc1cc(Cl)c2c(-c3csc(C(=O)NC4C(N)CCCC4(F)F)n3)cnn2c1. The number of nitrogens with one attached hydrogen (secondary N) is 1. The molecule has 11 heteroatoms. The molecular weight excluding hydrogens is 424 g/mol. The van der Waals surface area contributed by atoms with Gasteiger partial charge in [-0.3, -0.25) is 4.79 Å². The lowest BCUT2D eigenvalue weighted by atomic mass is 9.87. The van der Waals surface area contributed by atoms with Crippen LogP contribution in [-0.2, 0) is 0 Å². The summed E-state index contributed by atoms with van der Waals surface area (Å²) in [6.07, 6.45) is 3.72. The van der Waals surface area contributed by atoms with Crippen molar-refractivity contribution in [3.8, 4) is 17.0 Å².